The third-order valence-electron chi connectivity index (χ3n) is 3.52. The Morgan fingerprint density at radius 3 is 2.84 bits per heavy atom. The number of anilines is 2. The monoisotopic (exact) mass is 282 g/mol. The molecule has 0 bridgehead atoms. The lowest BCUT2D eigenvalue weighted by Crippen LogP contribution is -2.52. The predicted molar refractivity (Wildman–Crippen MR) is 80.5 cm³/mol. The lowest BCUT2D eigenvalue weighted by atomic mass is 10.2. The standard InChI is InChI=1S/C12H22N6S/c1-4-17-5-6-18(8-9(17)2)11-7-10(16-13)14-12(15-11)19-3/h7,9H,4-6,8,13H2,1-3H3,(H,14,15,16). The molecule has 1 saturated heterocycles. The second kappa shape index (κ2) is 6.40. The minimum absolute atomic E-state index is 0.542. The highest BCUT2D eigenvalue weighted by molar-refractivity contribution is 7.98. The lowest BCUT2D eigenvalue weighted by Gasteiger charge is -2.40. The number of nitrogens with one attached hydrogen (secondary N) is 1. The van der Waals surface area contributed by atoms with Gasteiger partial charge in [0, 0.05) is 31.7 Å². The van der Waals surface area contributed by atoms with Gasteiger partial charge in [0.1, 0.15) is 11.6 Å². The summed E-state index contributed by atoms with van der Waals surface area (Å²) in [4.78, 5) is 13.7. The van der Waals surface area contributed by atoms with Crippen molar-refractivity contribution in [3.63, 3.8) is 0 Å². The van der Waals surface area contributed by atoms with E-state index in [1.54, 1.807) is 0 Å². The van der Waals surface area contributed by atoms with Gasteiger partial charge >= 0.3 is 0 Å². The van der Waals surface area contributed by atoms with Crippen LogP contribution in [-0.2, 0) is 0 Å². The second-order valence-electron chi connectivity index (χ2n) is 4.67. The summed E-state index contributed by atoms with van der Waals surface area (Å²) in [5, 5.41) is 0.746. The molecule has 1 aromatic heterocycles. The lowest BCUT2D eigenvalue weighted by molar-refractivity contribution is 0.199. The van der Waals surface area contributed by atoms with Gasteiger partial charge in [0.2, 0.25) is 0 Å². The fourth-order valence-corrected chi connectivity index (χ4v) is 2.79. The molecule has 1 fully saturated rings. The van der Waals surface area contributed by atoms with Crippen molar-refractivity contribution in [1.29, 1.82) is 0 Å². The van der Waals surface area contributed by atoms with Gasteiger partial charge in [0.25, 0.3) is 0 Å². The third-order valence-corrected chi connectivity index (χ3v) is 4.07. The summed E-state index contributed by atoms with van der Waals surface area (Å²) in [6, 6.07) is 2.45. The van der Waals surface area contributed by atoms with E-state index in [0.717, 1.165) is 37.2 Å². The number of piperazine rings is 1. The summed E-state index contributed by atoms with van der Waals surface area (Å²) in [6.07, 6.45) is 1.97. The van der Waals surface area contributed by atoms with Crippen molar-refractivity contribution in [3.8, 4) is 0 Å². The van der Waals surface area contributed by atoms with Gasteiger partial charge in [0.05, 0.1) is 0 Å². The van der Waals surface area contributed by atoms with Crippen molar-refractivity contribution in [2.75, 3.05) is 42.8 Å². The highest BCUT2D eigenvalue weighted by Crippen LogP contribution is 2.22. The van der Waals surface area contributed by atoms with Crippen LogP contribution in [0.1, 0.15) is 13.8 Å². The Morgan fingerprint density at radius 2 is 2.26 bits per heavy atom. The van der Waals surface area contributed by atoms with Crippen LogP contribution in [0.4, 0.5) is 11.6 Å². The summed E-state index contributed by atoms with van der Waals surface area (Å²) in [5.41, 5.74) is 2.61. The van der Waals surface area contributed by atoms with Crippen molar-refractivity contribution < 1.29 is 0 Å². The highest BCUT2D eigenvalue weighted by Gasteiger charge is 2.23. The van der Waals surface area contributed by atoms with Gasteiger partial charge in [-0.1, -0.05) is 18.7 Å². The molecule has 1 aliphatic heterocycles. The topological polar surface area (TPSA) is 70.3 Å². The Morgan fingerprint density at radius 1 is 1.47 bits per heavy atom. The summed E-state index contributed by atoms with van der Waals surface area (Å²) >= 11 is 1.53. The minimum atomic E-state index is 0.542. The first-order chi connectivity index (χ1) is 9.17. The van der Waals surface area contributed by atoms with Crippen LogP contribution in [0.2, 0.25) is 0 Å². The van der Waals surface area contributed by atoms with E-state index in [0.29, 0.717) is 11.9 Å². The first-order valence-corrected chi connectivity index (χ1v) is 7.79. The first kappa shape index (κ1) is 14.4. The minimum Gasteiger partial charge on any atom is -0.354 e. The molecule has 1 atom stereocenters. The van der Waals surface area contributed by atoms with Gasteiger partial charge in [-0.05, 0) is 19.7 Å². The zero-order valence-electron chi connectivity index (χ0n) is 11.8. The SMILES string of the molecule is CCN1CCN(c2cc(NN)nc(SC)n2)CC1C. The van der Waals surface area contributed by atoms with Crippen molar-refractivity contribution in [2.24, 2.45) is 5.84 Å². The fourth-order valence-electron chi connectivity index (χ4n) is 2.41. The molecule has 1 aromatic rings. The Labute approximate surface area is 118 Å². The fraction of sp³-hybridized carbons (Fsp3) is 0.667. The van der Waals surface area contributed by atoms with Gasteiger partial charge < -0.3 is 10.3 Å². The molecule has 0 aromatic carbocycles. The van der Waals surface area contributed by atoms with Crippen molar-refractivity contribution in [3.05, 3.63) is 6.07 Å². The van der Waals surface area contributed by atoms with Crippen LogP contribution < -0.4 is 16.2 Å². The van der Waals surface area contributed by atoms with Gasteiger partial charge in [-0.2, -0.15) is 0 Å². The van der Waals surface area contributed by atoms with Crippen molar-refractivity contribution in [2.45, 2.75) is 25.0 Å². The first-order valence-electron chi connectivity index (χ1n) is 6.56. The number of hydrogen-bond donors (Lipinski definition) is 2. The van der Waals surface area contributed by atoms with Gasteiger partial charge in [-0.15, -0.1) is 0 Å². The number of nitrogens with two attached hydrogens (primary N) is 1. The highest BCUT2D eigenvalue weighted by atomic mass is 32.2. The summed E-state index contributed by atoms with van der Waals surface area (Å²) < 4.78 is 0. The van der Waals surface area contributed by atoms with E-state index in [1.165, 1.54) is 11.8 Å². The molecule has 7 heteroatoms. The van der Waals surface area contributed by atoms with E-state index in [1.807, 2.05) is 12.3 Å². The molecule has 1 unspecified atom stereocenters. The Balaban J connectivity index is 2.18. The number of hydrazine groups is 1. The van der Waals surface area contributed by atoms with Gasteiger partial charge in [-0.25, -0.2) is 15.8 Å². The molecular weight excluding hydrogens is 260 g/mol. The molecule has 0 saturated carbocycles. The van der Waals surface area contributed by atoms with Crippen LogP contribution in [-0.4, -0.2) is 53.3 Å². The number of thioether (sulfide) groups is 1. The van der Waals surface area contributed by atoms with E-state index < -0.39 is 0 Å². The molecule has 6 nitrogen and oxygen atoms in total. The van der Waals surface area contributed by atoms with Crippen LogP contribution in [0.25, 0.3) is 0 Å². The Bertz CT molecular complexity index is 404. The smallest absolute Gasteiger partial charge is 0.191 e. The largest absolute Gasteiger partial charge is 0.354 e. The summed E-state index contributed by atoms with van der Waals surface area (Å²) in [7, 11) is 0. The Hall–Kier alpha value is -1.05. The maximum Gasteiger partial charge on any atom is 0.191 e. The number of nitrogen functional groups attached to an aromatic ring is 1. The number of rotatable bonds is 4. The molecule has 106 valence electrons. The summed E-state index contributed by atoms with van der Waals surface area (Å²) in [5.74, 6) is 7.09. The van der Waals surface area contributed by atoms with E-state index in [4.69, 9.17) is 5.84 Å². The third kappa shape index (κ3) is 3.29. The van der Waals surface area contributed by atoms with Crippen molar-refractivity contribution >= 4 is 23.4 Å². The van der Waals surface area contributed by atoms with E-state index >= 15 is 0 Å². The average Bonchev–Trinajstić information content (AvgIpc) is 2.46. The number of likely N-dealkylation sites (N-methyl/N-ethyl adjacent to an activating group) is 1. The molecule has 0 aliphatic carbocycles. The maximum absolute atomic E-state index is 5.47. The molecule has 3 N–H and O–H groups in total. The Kier molecular flexibility index (Phi) is 4.84. The number of hydrogen-bond acceptors (Lipinski definition) is 7. The van der Waals surface area contributed by atoms with Crippen LogP contribution in [0.5, 0.6) is 0 Å². The molecular formula is C12H22N6S. The molecule has 2 heterocycles. The van der Waals surface area contributed by atoms with Gasteiger partial charge in [0.15, 0.2) is 5.16 Å². The number of nitrogens with zero attached hydrogens (tertiary/aromatic N) is 4. The van der Waals surface area contributed by atoms with Gasteiger partial charge in [-0.3, -0.25) is 4.90 Å². The predicted octanol–water partition coefficient (Wildman–Crippen LogP) is 1.01. The van der Waals surface area contributed by atoms with E-state index in [2.05, 4.69) is 39.0 Å². The normalized spacial score (nSPS) is 20.6. The maximum atomic E-state index is 5.47. The molecule has 19 heavy (non-hydrogen) atoms. The van der Waals surface area contributed by atoms with Crippen LogP contribution in [0, 0.1) is 0 Å². The van der Waals surface area contributed by atoms with Crippen molar-refractivity contribution in [1.82, 2.24) is 14.9 Å². The summed E-state index contributed by atoms with van der Waals surface area (Å²) in [6.45, 7) is 8.62. The zero-order chi connectivity index (χ0) is 13.8. The average molecular weight is 282 g/mol. The molecule has 0 radical (unpaired) electrons. The molecule has 0 amide bonds. The van der Waals surface area contributed by atoms with Crippen LogP contribution >= 0.6 is 11.8 Å². The van der Waals surface area contributed by atoms with E-state index in [9.17, 15) is 0 Å². The molecule has 1 aliphatic rings. The van der Waals surface area contributed by atoms with Crippen LogP contribution in [0.15, 0.2) is 11.2 Å². The quantitative estimate of drug-likeness (QED) is 0.370. The van der Waals surface area contributed by atoms with Crippen LogP contribution in [0.3, 0.4) is 0 Å². The van der Waals surface area contributed by atoms with E-state index in [-0.39, 0.29) is 0 Å². The number of aromatic nitrogens is 2. The molecule has 0 spiro atoms. The molecule has 2 rings (SSSR count). The zero-order valence-corrected chi connectivity index (χ0v) is 12.6. The second-order valence-corrected chi connectivity index (χ2v) is 5.44.